The van der Waals surface area contributed by atoms with Gasteiger partial charge in [-0.15, -0.1) is 11.3 Å². The number of benzene rings is 1. The Morgan fingerprint density at radius 2 is 1.85 bits per heavy atom. The summed E-state index contributed by atoms with van der Waals surface area (Å²) >= 11 is 9.00. The molecule has 20 heavy (non-hydrogen) atoms. The lowest BCUT2D eigenvalue weighted by atomic mass is 9.94. The van der Waals surface area contributed by atoms with Gasteiger partial charge in [0.25, 0.3) is 0 Å². The Bertz CT molecular complexity index is 572. The summed E-state index contributed by atoms with van der Waals surface area (Å²) in [6, 6.07) is 9.09. The highest BCUT2D eigenvalue weighted by molar-refractivity contribution is 9.12. The van der Waals surface area contributed by atoms with E-state index in [0.717, 1.165) is 13.0 Å². The molecule has 0 bridgehead atoms. The molecule has 1 heterocycles. The molecule has 0 radical (unpaired) electrons. The summed E-state index contributed by atoms with van der Waals surface area (Å²) in [7, 11) is 0. The van der Waals surface area contributed by atoms with Crippen molar-refractivity contribution < 1.29 is 0 Å². The Labute approximate surface area is 142 Å². The lowest BCUT2D eigenvalue weighted by Gasteiger charge is -2.20. The van der Waals surface area contributed by atoms with Crippen LogP contribution >= 0.6 is 43.2 Å². The number of aryl methyl sites for hydroxylation is 2. The zero-order chi connectivity index (χ0) is 14.7. The van der Waals surface area contributed by atoms with Gasteiger partial charge in [-0.3, -0.25) is 0 Å². The molecule has 1 atom stereocenters. The highest BCUT2D eigenvalue weighted by Crippen LogP contribution is 2.37. The van der Waals surface area contributed by atoms with Crippen molar-refractivity contribution in [2.75, 3.05) is 6.54 Å². The van der Waals surface area contributed by atoms with E-state index in [-0.39, 0.29) is 0 Å². The predicted octanol–water partition coefficient (Wildman–Crippen LogP) is 5.78. The molecule has 0 aliphatic heterocycles. The van der Waals surface area contributed by atoms with Crippen LogP contribution in [-0.2, 0) is 6.42 Å². The maximum absolute atomic E-state index is 3.69. The van der Waals surface area contributed by atoms with Gasteiger partial charge in [-0.1, -0.05) is 25.1 Å². The van der Waals surface area contributed by atoms with Crippen molar-refractivity contribution >= 4 is 43.2 Å². The highest BCUT2D eigenvalue weighted by atomic mass is 79.9. The second kappa shape index (κ2) is 7.21. The lowest BCUT2D eigenvalue weighted by molar-refractivity contribution is 0.547. The van der Waals surface area contributed by atoms with Gasteiger partial charge in [0.2, 0.25) is 0 Å². The average molecular weight is 417 g/mol. The number of halogens is 2. The van der Waals surface area contributed by atoms with E-state index >= 15 is 0 Å². The van der Waals surface area contributed by atoms with Gasteiger partial charge in [0.15, 0.2) is 0 Å². The van der Waals surface area contributed by atoms with Crippen LogP contribution < -0.4 is 5.32 Å². The number of thiophene rings is 1. The van der Waals surface area contributed by atoms with Crippen molar-refractivity contribution in [3.8, 4) is 0 Å². The normalized spacial score (nSPS) is 12.7. The fourth-order valence-electron chi connectivity index (χ4n) is 2.50. The minimum absolute atomic E-state index is 0.344. The minimum Gasteiger partial charge on any atom is -0.310 e. The third-order valence-electron chi connectivity index (χ3n) is 3.56. The minimum atomic E-state index is 0.344. The summed E-state index contributed by atoms with van der Waals surface area (Å²) in [6.45, 7) is 7.52. The first-order valence-corrected chi connectivity index (χ1v) is 9.16. The van der Waals surface area contributed by atoms with E-state index in [1.54, 1.807) is 11.3 Å². The Kier molecular flexibility index (Phi) is 5.84. The Morgan fingerprint density at radius 1 is 1.20 bits per heavy atom. The van der Waals surface area contributed by atoms with Crippen LogP contribution in [0.1, 0.15) is 35.2 Å². The van der Waals surface area contributed by atoms with E-state index in [4.69, 9.17) is 0 Å². The van der Waals surface area contributed by atoms with Crippen molar-refractivity contribution in [3.63, 3.8) is 0 Å². The molecule has 1 nitrogen and oxygen atoms in total. The first kappa shape index (κ1) is 16.2. The van der Waals surface area contributed by atoms with E-state index in [1.165, 1.54) is 29.8 Å². The highest BCUT2D eigenvalue weighted by Gasteiger charge is 2.18. The van der Waals surface area contributed by atoms with Crippen LogP contribution in [0.15, 0.2) is 31.8 Å². The van der Waals surface area contributed by atoms with Crippen molar-refractivity contribution in [3.05, 3.63) is 54.1 Å². The third-order valence-corrected chi connectivity index (χ3v) is 5.95. The molecule has 0 amide bonds. The molecule has 108 valence electrons. The van der Waals surface area contributed by atoms with Gasteiger partial charge in [0.1, 0.15) is 0 Å². The summed E-state index contributed by atoms with van der Waals surface area (Å²) < 4.78 is 2.38. The summed E-state index contributed by atoms with van der Waals surface area (Å²) in [5.74, 6) is 0. The number of hydrogen-bond acceptors (Lipinski definition) is 2. The summed E-state index contributed by atoms with van der Waals surface area (Å²) in [5.41, 5.74) is 5.54. The lowest BCUT2D eigenvalue weighted by Crippen LogP contribution is -2.23. The second-order valence-electron chi connectivity index (χ2n) is 4.96. The molecule has 0 aliphatic carbocycles. The molecule has 0 saturated carbocycles. The van der Waals surface area contributed by atoms with Crippen molar-refractivity contribution in [1.82, 2.24) is 5.32 Å². The number of rotatable bonds is 5. The van der Waals surface area contributed by atoms with E-state index in [2.05, 4.69) is 82.2 Å². The van der Waals surface area contributed by atoms with Crippen LogP contribution in [-0.4, -0.2) is 6.54 Å². The van der Waals surface area contributed by atoms with E-state index in [0.29, 0.717) is 6.04 Å². The molecule has 2 aromatic rings. The van der Waals surface area contributed by atoms with E-state index in [1.807, 2.05) is 0 Å². The standard InChI is InChI=1S/C16H19Br2NS/c1-4-19-14(13-9-15(17)20-16(13)18)8-12-10(2)6-5-7-11(12)3/h5-7,9,14,19H,4,8H2,1-3H3. The average Bonchev–Trinajstić information content (AvgIpc) is 2.72. The van der Waals surface area contributed by atoms with Gasteiger partial charge in [-0.25, -0.2) is 0 Å². The molecule has 2 rings (SSSR count). The smallest absolute Gasteiger partial charge is 0.0758 e. The fourth-order valence-corrected chi connectivity index (χ4v) is 5.48. The molecular formula is C16H19Br2NS. The fraction of sp³-hybridized carbons (Fsp3) is 0.375. The van der Waals surface area contributed by atoms with E-state index in [9.17, 15) is 0 Å². The summed E-state index contributed by atoms with van der Waals surface area (Å²) in [6.07, 6.45) is 1.02. The maximum atomic E-state index is 3.69. The Hall–Kier alpha value is -0.160. The topological polar surface area (TPSA) is 12.0 Å². The van der Waals surface area contributed by atoms with Crippen LogP contribution in [0.5, 0.6) is 0 Å². The summed E-state index contributed by atoms with van der Waals surface area (Å²) in [4.78, 5) is 0. The predicted molar refractivity (Wildman–Crippen MR) is 95.8 cm³/mol. The van der Waals surface area contributed by atoms with Gasteiger partial charge in [0, 0.05) is 6.04 Å². The van der Waals surface area contributed by atoms with Gasteiger partial charge in [0.05, 0.1) is 7.57 Å². The van der Waals surface area contributed by atoms with Crippen molar-refractivity contribution in [2.45, 2.75) is 33.2 Å². The Morgan fingerprint density at radius 3 is 2.35 bits per heavy atom. The van der Waals surface area contributed by atoms with Gasteiger partial charge < -0.3 is 5.32 Å². The zero-order valence-electron chi connectivity index (χ0n) is 12.0. The second-order valence-corrected chi connectivity index (χ2v) is 8.71. The van der Waals surface area contributed by atoms with Crippen LogP contribution in [0, 0.1) is 13.8 Å². The van der Waals surface area contributed by atoms with Gasteiger partial charge in [-0.05, 0) is 87.0 Å². The Balaban J connectivity index is 2.33. The molecule has 1 aromatic carbocycles. The third kappa shape index (κ3) is 3.73. The molecule has 0 spiro atoms. The molecule has 0 fully saturated rings. The number of nitrogens with one attached hydrogen (secondary N) is 1. The first-order chi connectivity index (χ1) is 9.52. The van der Waals surface area contributed by atoms with Gasteiger partial charge in [-0.2, -0.15) is 0 Å². The SMILES string of the molecule is CCNC(Cc1c(C)cccc1C)c1cc(Br)sc1Br. The maximum Gasteiger partial charge on any atom is 0.0758 e. The summed E-state index contributed by atoms with van der Waals surface area (Å²) in [5, 5.41) is 3.61. The molecule has 1 unspecified atom stereocenters. The largest absolute Gasteiger partial charge is 0.310 e. The zero-order valence-corrected chi connectivity index (χ0v) is 16.0. The molecule has 1 N–H and O–H groups in total. The molecule has 4 heteroatoms. The van der Waals surface area contributed by atoms with Crippen molar-refractivity contribution in [2.24, 2.45) is 0 Å². The van der Waals surface area contributed by atoms with Crippen molar-refractivity contribution in [1.29, 1.82) is 0 Å². The molecule has 0 saturated heterocycles. The van der Waals surface area contributed by atoms with Crippen LogP contribution in [0.3, 0.4) is 0 Å². The monoisotopic (exact) mass is 415 g/mol. The molecule has 1 aromatic heterocycles. The van der Waals surface area contributed by atoms with Crippen LogP contribution in [0.2, 0.25) is 0 Å². The molecular weight excluding hydrogens is 398 g/mol. The first-order valence-electron chi connectivity index (χ1n) is 6.76. The quantitative estimate of drug-likeness (QED) is 0.650. The molecule has 0 aliphatic rings. The number of hydrogen-bond donors (Lipinski definition) is 1. The van der Waals surface area contributed by atoms with E-state index < -0.39 is 0 Å². The van der Waals surface area contributed by atoms with Crippen LogP contribution in [0.25, 0.3) is 0 Å². The number of likely N-dealkylation sites (N-methyl/N-ethyl adjacent to an activating group) is 1. The van der Waals surface area contributed by atoms with Crippen LogP contribution in [0.4, 0.5) is 0 Å². The van der Waals surface area contributed by atoms with Gasteiger partial charge >= 0.3 is 0 Å².